The Bertz CT molecular complexity index is 587. The average molecular weight is 388 g/mol. The molecule has 2 rings (SSSR count). The topological polar surface area (TPSA) is 0 Å². The maximum atomic E-state index is 13.7. The fourth-order valence-electron chi connectivity index (χ4n) is 4.03. The number of benzene rings is 1. The quantitative estimate of drug-likeness (QED) is 0.241. The molecule has 0 nitrogen and oxygen atoms in total. The van der Waals surface area contributed by atoms with E-state index in [0.717, 1.165) is 50.2 Å². The molecule has 0 aromatic heterocycles. The number of aryl methyl sites for hydroxylation is 1. The lowest BCUT2D eigenvalue weighted by Crippen LogP contribution is -2.15. The fourth-order valence-corrected chi connectivity index (χ4v) is 4.03. The van der Waals surface area contributed by atoms with E-state index < -0.39 is 23.4 Å². The highest BCUT2D eigenvalue weighted by molar-refractivity contribution is 5.28. The van der Waals surface area contributed by atoms with Crippen molar-refractivity contribution in [3.63, 3.8) is 0 Å². The second-order valence-corrected chi connectivity index (χ2v) is 7.67. The summed E-state index contributed by atoms with van der Waals surface area (Å²) in [5, 5.41) is 0. The zero-order valence-corrected chi connectivity index (χ0v) is 15.9. The number of hydrogen-bond donors (Lipinski definition) is 0. The number of hydrogen-bond acceptors (Lipinski definition) is 0. The van der Waals surface area contributed by atoms with Crippen LogP contribution in [0.15, 0.2) is 24.3 Å². The molecule has 1 fully saturated rings. The zero-order chi connectivity index (χ0) is 19.9. The molecule has 1 aliphatic carbocycles. The molecule has 27 heavy (non-hydrogen) atoms. The predicted molar refractivity (Wildman–Crippen MR) is 98.4 cm³/mol. The van der Waals surface area contributed by atoms with Gasteiger partial charge in [-0.25, -0.2) is 8.78 Å². The third-order valence-electron chi connectivity index (χ3n) is 5.58. The van der Waals surface area contributed by atoms with Gasteiger partial charge in [0, 0.05) is 0 Å². The lowest BCUT2D eigenvalue weighted by molar-refractivity contribution is -0.142. The monoisotopic (exact) mass is 388 g/mol. The Morgan fingerprint density at radius 2 is 1.48 bits per heavy atom. The molecule has 0 heterocycles. The van der Waals surface area contributed by atoms with E-state index in [1.807, 2.05) is 0 Å². The Morgan fingerprint density at radius 3 is 2.00 bits per heavy atom. The van der Waals surface area contributed by atoms with Crippen molar-refractivity contribution >= 4 is 0 Å². The summed E-state index contributed by atoms with van der Waals surface area (Å²) in [6.07, 6.45) is 9.87. The second-order valence-electron chi connectivity index (χ2n) is 7.67. The molecule has 0 amide bonds. The smallest absolute Gasteiger partial charge is 0.206 e. The molecular formula is C22H29F5. The molecule has 0 saturated heterocycles. The van der Waals surface area contributed by atoms with Gasteiger partial charge in [-0.05, 0) is 61.6 Å². The highest BCUT2D eigenvalue weighted by Crippen LogP contribution is 2.36. The first-order chi connectivity index (χ1) is 12.8. The molecule has 0 unspecified atom stereocenters. The average Bonchev–Trinajstić information content (AvgIpc) is 2.59. The molecule has 0 atom stereocenters. The van der Waals surface area contributed by atoms with Gasteiger partial charge in [0.2, 0.25) is 0 Å². The van der Waals surface area contributed by atoms with E-state index in [9.17, 15) is 22.0 Å². The van der Waals surface area contributed by atoms with E-state index in [1.54, 1.807) is 0 Å². The van der Waals surface area contributed by atoms with Crippen LogP contribution in [0.25, 0.3) is 0 Å². The van der Waals surface area contributed by atoms with Crippen molar-refractivity contribution in [1.82, 2.24) is 0 Å². The van der Waals surface area contributed by atoms with Gasteiger partial charge in [0.25, 0.3) is 0 Å². The minimum atomic E-state index is -5.00. The van der Waals surface area contributed by atoms with Gasteiger partial charge in [0.15, 0.2) is 0 Å². The van der Waals surface area contributed by atoms with Crippen molar-refractivity contribution in [3.05, 3.63) is 47.0 Å². The van der Waals surface area contributed by atoms with Gasteiger partial charge in [-0.15, -0.1) is 0 Å². The zero-order valence-electron chi connectivity index (χ0n) is 15.9. The van der Waals surface area contributed by atoms with Crippen LogP contribution in [0.5, 0.6) is 0 Å². The molecular weight excluding hydrogens is 359 g/mol. The summed E-state index contributed by atoms with van der Waals surface area (Å²) in [4.78, 5) is 0. The Hall–Kier alpha value is -1.39. The summed E-state index contributed by atoms with van der Waals surface area (Å²) in [6, 6.07) is 1.67. The van der Waals surface area contributed by atoms with Crippen LogP contribution < -0.4 is 0 Å². The van der Waals surface area contributed by atoms with Crippen LogP contribution in [-0.2, 0) is 12.6 Å². The van der Waals surface area contributed by atoms with Crippen LogP contribution in [0.2, 0.25) is 0 Å². The second kappa shape index (κ2) is 10.2. The Balaban J connectivity index is 1.76. The lowest BCUT2D eigenvalue weighted by atomic mass is 9.78. The van der Waals surface area contributed by atoms with Crippen molar-refractivity contribution < 1.29 is 22.0 Å². The van der Waals surface area contributed by atoms with Gasteiger partial charge in [0.05, 0.1) is 0 Å². The van der Waals surface area contributed by atoms with Gasteiger partial charge in [-0.1, -0.05) is 51.2 Å². The fraction of sp³-hybridized carbons (Fsp3) is 0.636. The SMILES string of the molecule is CC/C=C/CCC[C@H]1CC[C@H](CCc2cc(F)c(C(F)(F)F)c(F)c2)CC1. The molecule has 1 aromatic rings. The van der Waals surface area contributed by atoms with E-state index in [4.69, 9.17) is 0 Å². The summed E-state index contributed by atoms with van der Waals surface area (Å²) < 4.78 is 65.2. The number of rotatable bonds is 8. The Morgan fingerprint density at radius 1 is 0.926 bits per heavy atom. The van der Waals surface area contributed by atoms with Crippen molar-refractivity contribution in [2.24, 2.45) is 11.8 Å². The van der Waals surface area contributed by atoms with Gasteiger partial charge in [-0.2, -0.15) is 13.2 Å². The molecule has 0 spiro atoms. The van der Waals surface area contributed by atoms with Gasteiger partial charge in [0.1, 0.15) is 17.2 Å². The van der Waals surface area contributed by atoms with Crippen LogP contribution >= 0.6 is 0 Å². The summed E-state index contributed by atoms with van der Waals surface area (Å²) >= 11 is 0. The van der Waals surface area contributed by atoms with Crippen molar-refractivity contribution in [3.8, 4) is 0 Å². The highest BCUT2D eigenvalue weighted by Gasteiger charge is 2.37. The largest absolute Gasteiger partial charge is 0.422 e. The van der Waals surface area contributed by atoms with Crippen molar-refractivity contribution in [1.29, 1.82) is 0 Å². The van der Waals surface area contributed by atoms with E-state index in [2.05, 4.69) is 19.1 Å². The van der Waals surface area contributed by atoms with Crippen LogP contribution in [0, 0.1) is 23.5 Å². The van der Waals surface area contributed by atoms with Gasteiger partial charge >= 0.3 is 6.18 Å². The predicted octanol–water partition coefficient (Wildman–Crippen LogP) is 7.86. The van der Waals surface area contributed by atoms with Crippen molar-refractivity contribution in [2.45, 2.75) is 77.3 Å². The molecule has 0 bridgehead atoms. The van der Waals surface area contributed by atoms with E-state index in [0.29, 0.717) is 17.9 Å². The standard InChI is InChI=1S/C22H29F5/c1-2-3-4-5-6-7-16-8-10-17(11-9-16)12-13-18-14-19(23)21(20(24)15-18)22(25,26)27/h3-4,14-17H,2,5-13H2,1H3/b4-3+/t16-,17-. The highest BCUT2D eigenvalue weighted by atomic mass is 19.4. The number of halogens is 5. The molecule has 152 valence electrons. The minimum Gasteiger partial charge on any atom is -0.206 e. The number of allylic oxidation sites excluding steroid dienone is 2. The first-order valence-electron chi connectivity index (χ1n) is 10.0. The minimum absolute atomic E-state index is 0.308. The van der Waals surface area contributed by atoms with Crippen LogP contribution in [0.1, 0.15) is 75.8 Å². The number of unbranched alkanes of at least 4 members (excludes halogenated alkanes) is 1. The third kappa shape index (κ3) is 6.93. The van der Waals surface area contributed by atoms with E-state index in [1.165, 1.54) is 25.7 Å². The first-order valence-corrected chi connectivity index (χ1v) is 10.0. The summed E-state index contributed by atoms with van der Waals surface area (Å²) in [5.74, 6) is -1.77. The molecule has 1 aliphatic rings. The Kier molecular flexibility index (Phi) is 8.30. The maximum absolute atomic E-state index is 13.7. The third-order valence-corrected chi connectivity index (χ3v) is 5.58. The summed E-state index contributed by atoms with van der Waals surface area (Å²) in [7, 11) is 0. The van der Waals surface area contributed by atoms with E-state index in [-0.39, 0.29) is 0 Å². The molecule has 5 heteroatoms. The molecule has 0 radical (unpaired) electrons. The Labute approximate surface area is 158 Å². The van der Waals surface area contributed by atoms with Gasteiger partial charge in [-0.3, -0.25) is 0 Å². The molecule has 0 N–H and O–H groups in total. The first kappa shape index (κ1) is 21.9. The summed E-state index contributed by atoms with van der Waals surface area (Å²) in [6.45, 7) is 2.13. The maximum Gasteiger partial charge on any atom is 0.422 e. The molecule has 1 saturated carbocycles. The lowest BCUT2D eigenvalue weighted by Gasteiger charge is -2.28. The van der Waals surface area contributed by atoms with Crippen LogP contribution in [0.4, 0.5) is 22.0 Å². The number of alkyl halides is 3. The van der Waals surface area contributed by atoms with Gasteiger partial charge < -0.3 is 0 Å². The molecule has 0 aliphatic heterocycles. The van der Waals surface area contributed by atoms with E-state index >= 15 is 0 Å². The van der Waals surface area contributed by atoms with Crippen LogP contribution in [-0.4, -0.2) is 0 Å². The summed E-state index contributed by atoms with van der Waals surface area (Å²) in [5.41, 5.74) is -1.48. The van der Waals surface area contributed by atoms with Crippen molar-refractivity contribution in [2.75, 3.05) is 0 Å². The molecule has 1 aromatic carbocycles. The van der Waals surface area contributed by atoms with Crippen LogP contribution in [0.3, 0.4) is 0 Å². The normalized spacial score (nSPS) is 21.1.